The summed E-state index contributed by atoms with van der Waals surface area (Å²) in [5, 5.41) is 0. The van der Waals surface area contributed by atoms with E-state index in [2.05, 4.69) is 0 Å². The van der Waals surface area contributed by atoms with Crippen molar-refractivity contribution in [2.24, 2.45) is 11.8 Å². The number of hydrogen-bond acceptors (Lipinski definition) is 0. The second-order valence-electron chi connectivity index (χ2n) is 5.96. The van der Waals surface area contributed by atoms with Crippen LogP contribution in [0.15, 0.2) is 18.2 Å². The van der Waals surface area contributed by atoms with Crippen LogP contribution in [0.5, 0.6) is 0 Å². The lowest BCUT2D eigenvalue weighted by Crippen LogP contribution is -2.12. The molecule has 6 heteroatoms. The van der Waals surface area contributed by atoms with Gasteiger partial charge in [-0.05, 0) is 54.4 Å². The molecule has 3 atom stereocenters. The van der Waals surface area contributed by atoms with E-state index in [4.69, 9.17) is 0 Å². The molecule has 0 spiro atoms. The molecule has 118 valence electrons. The van der Waals surface area contributed by atoms with Crippen molar-refractivity contribution in [2.75, 3.05) is 0 Å². The zero-order chi connectivity index (χ0) is 16.0. The van der Waals surface area contributed by atoms with Gasteiger partial charge in [-0.25, -0.2) is 0 Å². The molecule has 0 nitrogen and oxygen atoms in total. The van der Waals surface area contributed by atoms with Gasteiger partial charge >= 0.3 is 12.4 Å². The summed E-state index contributed by atoms with van der Waals surface area (Å²) in [5.41, 5.74) is -2.30. The Morgan fingerprint density at radius 2 is 1.14 bits per heavy atom. The van der Waals surface area contributed by atoms with Crippen molar-refractivity contribution in [3.05, 3.63) is 34.9 Å². The van der Waals surface area contributed by atoms with E-state index >= 15 is 0 Å². The Morgan fingerprint density at radius 1 is 0.762 bits per heavy atom. The molecule has 1 unspecified atom stereocenters. The molecule has 0 radical (unpaired) electrons. The van der Waals surface area contributed by atoms with Crippen molar-refractivity contribution in [1.82, 2.24) is 0 Å². The molecule has 1 fully saturated rings. The van der Waals surface area contributed by atoms with Crippen LogP contribution in [0.25, 0.3) is 0 Å². The summed E-state index contributed by atoms with van der Waals surface area (Å²) in [7, 11) is 0. The molecule has 21 heavy (non-hydrogen) atoms. The lowest BCUT2D eigenvalue weighted by Gasteiger charge is -2.17. The maximum atomic E-state index is 12.8. The molecule has 0 aromatic heterocycles. The quantitative estimate of drug-likeness (QED) is 0.569. The third-order valence-corrected chi connectivity index (χ3v) is 4.37. The molecule has 0 saturated heterocycles. The van der Waals surface area contributed by atoms with Gasteiger partial charge in [0.2, 0.25) is 0 Å². The van der Waals surface area contributed by atoms with Gasteiger partial charge in [0, 0.05) is 0 Å². The summed E-state index contributed by atoms with van der Waals surface area (Å²) in [6.07, 6.45) is -8.29. The van der Waals surface area contributed by atoms with Gasteiger partial charge < -0.3 is 0 Å². The van der Waals surface area contributed by atoms with E-state index in [1.54, 1.807) is 0 Å². The number of alkyl halides is 6. The Hall–Kier alpha value is -1.20. The first-order valence-electron chi connectivity index (χ1n) is 6.78. The summed E-state index contributed by atoms with van der Waals surface area (Å²) in [6.45, 7) is 3.95. The molecule has 0 heterocycles. The van der Waals surface area contributed by atoms with Gasteiger partial charge in [-0.2, -0.15) is 26.3 Å². The Labute approximate surface area is 119 Å². The van der Waals surface area contributed by atoms with E-state index in [0.717, 1.165) is 12.1 Å². The molecule has 0 amide bonds. The van der Waals surface area contributed by atoms with Gasteiger partial charge in [-0.1, -0.05) is 13.8 Å². The smallest absolute Gasteiger partial charge is 0.166 e. The van der Waals surface area contributed by atoms with E-state index < -0.39 is 23.5 Å². The molecule has 1 saturated carbocycles. The van der Waals surface area contributed by atoms with Gasteiger partial charge in [-0.3, -0.25) is 0 Å². The minimum atomic E-state index is -4.77. The minimum absolute atomic E-state index is 0.147. The molecule has 2 rings (SSSR count). The van der Waals surface area contributed by atoms with Crippen molar-refractivity contribution in [3.63, 3.8) is 0 Å². The fraction of sp³-hybridized carbons (Fsp3) is 0.600. The Bertz CT molecular complexity index is 472. The zero-order valence-electron chi connectivity index (χ0n) is 11.6. The van der Waals surface area contributed by atoms with Crippen LogP contribution in [0.1, 0.15) is 49.3 Å². The van der Waals surface area contributed by atoms with Crippen LogP contribution in [-0.2, 0) is 12.4 Å². The Balaban J connectivity index is 2.46. The van der Waals surface area contributed by atoms with E-state index in [1.165, 1.54) is 0 Å². The highest BCUT2D eigenvalue weighted by atomic mass is 19.4. The predicted molar refractivity (Wildman–Crippen MR) is 66.7 cm³/mol. The van der Waals surface area contributed by atoms with Gasteiger partial charge in [0.25, 0.3) is 0 Å². The maximum Gasteiger partial charge on any atom is 0.416 e. The summed E-state index contributed by atoms with van der Waals surface area (Å²) in [5.74, 6) is 0.371. The van der Waals surface area contributed by atoms with Crippen LogP contribution in [0.2, 0.25) is 0 Å². The highest BCUT2D eigenvalue weighted by Crippen LogP contribution is 2.45. The first-order valence-corrected chi connectivity index (χ1v) is 6.78. The monoisotopic (exact) mass is 310 g/mol. The van der Waals surface area contributed by atoms with Crippen molar-refractivity contribution in [1.29, 1.82) is 0 Å². The van der Waals surface area contributed by atoms with Crippen LogP contribution < -0.4 is 0 Å². The molecular formula is C15H16F6. The topological polar surface area (TPSA) is 0 Å². The van der Waals surface area contributed by atoms with Crippen LogP contribution in [0.4, 0.5) is 26.3 Å². The predicted octanol–water partition coefficient (Wildman–Crippen LogP) is 5.87. The van der Waals surface area contributed by atoms with Gasteiger partial charge in [0.15, 0.2) is 0 Å². The van der Waals surface area contributed by atoms with Crippen LogP contribution >= 0.6 is 0 Å². The average Bonchev–Trinajstić information content (AvgIpc) is 2.67. The van der Waals surface area contributed by atoms with Crippen molar-refractivity contribution >= 4 is 0 Å². The second kappa shape index (κ2) is 5.21. The summed E-state index contributed by atoms with van der Waals surface area (Å²) < 4.78 is 76.9. The lowest BCUT2D eigenvalue weighted by molar-refractivity contribution is -0.143. The lowest BCUT2D eigenvalue weighted by atomic mass is 9.92. The zero-order valence-corrected chi connectivity index (χ0v) is 11.6. The molecule has 1 aromatic carbocycles. The van der Waals surface area contributed by atoms with E-state index in [9.17, 15) is 26.3 Å². The molecule has 0 N–H and O–H groups in total. The van der Waals surface area contributed by atoms with Gasteiger partial charge in [0.05, 0.1) is 11.1 Å². The van der Waals surface area contributed by atoms with Crippen LogP contribution in [0, 0.1) is 11.8 Å². The standard InChI is InChI=1S/C15H16F6/c1-8-3-10(4-9(8)2)11-5-12(14(16,17)18)7-13(6-11)15(19,20)21/h5-10H,3-4H2,1-2H3/t8-,9+,10?. The van der Waals surface area contributed by atoms with Crippen LogP contribution in [0.3, 0.4) is 0 Å². The average molecular weight is 310 g/mol. The Morgan fingerprint density at radius 3 is 1.48 bits per heavy atom. The summed E-state index contributed by atoms with van der Waals surface area (Å²) in [4.78, 5) is 0. The Kier molecular flexibility index (Phi) is 4.02. The number of hydrogen-bond donors (Lipinski definition) is 0. The van der Waals surface area contributed by atoms with Gasteiger partial charge in [-0.15, -0.1) is 0 Å². The number of benzene rings is 1. The molecule has 1 aliphatic rings. The molecule has 0 bridgehead atoms. The van der Waals surface area contributed by atoms with Crippen molar-refractivity contribution in [3.8, 4) is 0 Å². The molecule has 0 aliphatic heterocycles. The summed E-state index contributed by atoms with van der Waals surface area (Å²) in [6, 6.07) is 1.92. The van der Waals surface area contributed by atoms with E-state index in [0.29, 0.717) is 24.7 Å². The maximum absolute atomic E-state index is 12.8. The highest BCUT2D eigenvalue weighted by Gasteiger charge is 2.38. The largest absolute Gasteiger partial charge is 0.416 e. The first kappa shape index (κ1) is 16.2. The van der Waals surface area contributed by atoms with Crippen molar-refractivity contribution < 1.29 is 26.3 Å². The minimum Gasteiger partial charge on any atom is -0.166 e. The van der Waals surface area contributed by atoms with Crippen LogP contribution in [-0.4, -0.2) is 0 Å². The number of halogens is 6. The third kappa shape index (κ3) is 3.52. The fourth-order valence-electron chi connectivity index (χ4n) is 2.95. The number of rotatable bonds is 1. The molecular weight excluding hydrogens is 294 g/mol. The summed E-state index contributed by atoms with van der Waals surface area (Å²) >= 11 is 0. The molecule has 1 aromatic rings. The van der Waals surface area contributed by atoms with Crippen molar-refractivity contribution in [2.45, 2.75) is 45.0 Å². The third-order valence-electron chi connectivity index (χ3n) is 4.37. The van der Waals surface area contributed by atoms with Gasteiger partial charge in [0.1, 0.15) is 0 Å². The highest BCUT2D eigenvalue weighted by molar-refractivity contribution is 5.36. The second-order valence-corrected chi connectivity index (χ2v) is 5.96. The fourth-order valence-corrected chi connectivity index (χ4v) is 2.95. The molecule has 1 aliphatic carbocycles. The van der Waals surface area contributed by atoms with E-state index in [1.807, 2.05) is 13.8 Å². The van der Waals surface area contributed by atoms with E-state index in [-0.39, 0.29) is 17.5 Å². The first-order chi connectivity index (χ1) is 9.48. The SMILES string of the molecule is C[C@@H]1CC(c2cc(C(F)(F)F)cc(C(F)(F)F)c2)C[C@@H]1C. The normalized spacial score (nSPS) is 27.1.